The van der Waals surface area contributed by atoms with Gasteiger partial charge in [-0.3, -0.25) is 9.69 Å². The Labute approximate surface area is 125 Å². The van der Waals surface area contributed by atoms with Crippen LogP contribution in [0.2, 0.25) is 0 Å². The molecule has 0 radical (unpaired) electrons. The van der Waals surface area contributed by atoms with Crippen molar-refractivity contribution in [2.45, 2.75) is 24.9 Å². The molecule has 0 spiro atoms. The highest BCUT2D eigenvalue weighted by Gasteiger charge is 2.34. The van der Waals surface area contributed by atoms with Crippen LogP contribution in [0.15, 0.2) is 6.20 Å². The van der Waals surface area contributed by atoms with E-state index >= 15 is 0 Å². The molecule has 0 atom stereocenters. The van der Waals surface area contributed by atoms with Gasteiger partial charge in [0, 0.05) is 5.92 Å². The number of halogens is 3. The van der Waals surface area contributed by atoms with Gasteiger partial charge in [0.2, 0.25) is 5.91 Å². The zero-order valence-electron chi connectivity index (χ0n) is 11.8. The number of nitriles is 1. The van der Waals surface area contributed by atoms with Gasteiger partial charge in [-0.1, -0.05) is 0 Å². The number of nitrogens with zero attached hydrogens (tertiary/aromatic N) is 3. The smallest absolute Gasteiger partial charge is 0.342 e. The lowest BCUT2D eigenvalue weighted by atomic mass is 9.96. The minimum Gasteiger partial charge on any atom is -0.342 e. The molecule has 9 heteroatoms. The summed E-state index contributed by atoms with van der Waals surface area (Å²) in [5, 5.41) is 10.8. The Morgan fingerprint density at radius 2 is 2.18 bits per heavy atom. The van der Waals surface area contributed by atoms with Crippen molar-refractivity contribution in [3.8, 4) is 6.07 Å². The number of alkyl halides is 3. The Bertz CT molecular complexity index is 555. The lowest BCUT2D eigenvalue weighted by Gasteiger charge is -2.30. The number of carbonyl (C=O) groups is 1. The van der Waals surface area contributed by atoms with Crippen LogP contribution in [-0.4, -0.2) is 47.0 Å². The van der Waals surface area contributed by atoms with Crippen molar-refractivity contribution in [1.82, 2.24) is 20.2 Å². The van der Waals surface area contributed by atoms with Crippen molar-refractivity contribution in [2.24, 2.45) is 0 Å². The van der Waals surface area contributed by atoms with E-state index in [-0.39, 0.29) is 24.9 Å². The highest BCUT2D eigenvalue weighted by Crippen LogP contribution is 2.31. The summed E-state index contributed by atoms with van der Waals surface area (Å²) in [5.41, 5.74) is -0.833. The monoisotopic (exact) mass is 315 g/mol. The molecule has 0 saturated carbocycles. The minimum absolute atomic E-state index is 0.0259. The molecular formula is C13H16F3N5O. The highest BCUT2D eigenvalue weighted by molar-refractivity contribution is 5.78. The van der Waals surface area contributed by atoms with Gasteiger partial charge in [0.15, 0.2) is 0 Å². The van der Waals surface area contributed by atoms with Crippen LogP contribution in [0, 0.1) is 11.3 Å². The zero-order chi connectivity index (χ0) is 16.2. The van der Waals surface area contributed by atoms with E-state index in [1.807, 2.05) is 11.0 Å². The number of rotatable bonds is 4. The fourth-order valence-electron chi connectivity index (χ4n) is 2.45. The molecular weight excluding hydrogens is 299 g/mol. The molecule has 0 unspecified atom stereocenters. The van der Waals surface area contributed by atoms with E-state index in [4.69, 9.17) is 5.26 Å². The number of likely N-dealkylation sites (tertiary alicyclic amines) is 1. The van der Waals surface area contributed by atoms with E-state index in [2.05, 4.69) is 15.3 Å². The lowest BCUT2D eigenvalue weighted by Crippen LogP contribution is -2.41. The van der Waals surface area contributed by atoms with Gasteiger partial charge >= 0.3 is 6.18 Å². The summed E-state index contributed by atoms with van der Waals surface area (Å²) in [4.78, 5) is 19.6. The maximum Gasteiger partial charge on any atom is 0.432 e. The highest BCUT2D eigenvalue weighted by atomic mass is 19.4. The van der Waals surface area contributed by atoms with Gasteiger partial charge in [-0.25, -0.2) is 4.98 Å². The van der Waals surface area contributed by atoms with Gasteiger partial charge in [0.05, 0.1) is 18.8 Å². The predicted molar refractivity (Wildman–Crippen MR) is 70.6 cm³/mol. The molecule has 0 aliphatic carbocycles. The zero-order valence-corrected chi connectivity index (χ0v) is 11.8. The number of hydrogen-bond acceptors (Lipinski definition) is 4. The average Bonchev–Trinajstić information content (AvgIpc) is 2.96. The molecule has 2 rings (SSSR count). The number of nitrogens with one attached hydrogen (secondary N) is 2. The van der Waals surface area contributed by atoms with Crippen LogP contribution < -0.4 is 5.32 Å². The molecule has 1 saturated heterocycles. The van der Waals surface area contributed by atoms with Crippen LogP contribution in [-0.2, 0) is 11.0 Å². The van der Waals surface area contributed by atoms with Crippen molar-refractivity contribution in [1.29, 1.82) is 5.26 Å². The Morgan fingerprint density at radius 1 is 1.50 bits per heavy atom. The van der Waals surface area contributed by atoms with E-state index in [0.29, 0.717) is 31.8 Å². The Morgan fingerprint density at radius 3 is 2.73 bits per heavy atom. The molecule has 1 fully saturated rings. The second-order valence-corrected chi connectivity index (χ2v) is 5.17. The van der Waals surface area contributed by atoms with Crippen LogP contribution in [0.5, 0.6) is 0 Å². The molecule has 2 heterocycles. The maximum absolute atomic E-state index is 12.5. The standard InChI is InChI=1S/C13H16F3N5O/c14-13(15,16)10-7-19-12(20-10)9-1-5-21(6-2-9)8-11(22)18-4-3-17/h7,9H,1-2,4-6,8H2,(H,18,22)(H,19,20). The second-order valence-electron chi connectivity index (χ2n) is 5.17. The first-order chi connectivity index (χ1) is 10.4. The third kappa shape index (κ3) is 4.21. The predicted octanol–water partition coefficient (Wildman–Crippen LogP) is 1.25. The number of aromatic nitrogens is 2. The first-order valence-corrected chi connectivity index (χ1v) is 6.88. The Kier molecular flexibility index (Phi) is 5.03. The SMILES string of the molecule is N#CCNC(=O)CN1CCC(c2ncc(C(F)(F)F)[nH]2)CC1. The summed E-state index contributed by atoms with van der Waals surface area (Å²) < 4.78 is 37.6. The number of H-pyrrole nitrogens is 1. The normalized spacial score (nSPS) is 17.2. The first-order valence-electron chi connectivity index (χ1n) is 6.88. The molecule has 0 bridgehead atoms. The van der Waals surface area contributed by atoms with Crippen LogP contribution in [0.25, 0.3) is 0 Å². The fourth-order valence-corrected chi connectivity index (χ4v) is 2.45. The lowest BCUT2D eigenvalue weighted by molar-refractivity contribution is -0.141. The largest absolute Gasteiger partial charge is 0.432 e. The molecule has 1 aliphatic rings. The summed E-state index contributed by atoms with van der Waals surface area (Å²) in [6.45, 7) is 1.38. The van der Waals surface area contributed by atoms with E-state index in [1.165, 1.54) is 0 Å². The van der Waals surface area contributed by atoms with Crippen molar-refractivity contribution in [3.05, 3.63) is 17.7 Å². The van der Waals surface area contributed by atoms with E-state index in [9.17, 15) is 18.0 Å². The molecule has 0 aromatic carbocycles. The van der Waals surface area contributed by atoms with E-state index < -0.39 is 11.9 Å². The van der Waals surface area contributed by atoms with Gasteiger partial charge < -0.3 is 10.3 Å². The fraction of sp³-hybridized carbons (Fsp3) is 0.615. The minimum atomic E-state index is -4.41. The molecule has 1 aromatic rings. The quantitative estimate of drug-likeness (QED) is 0.819. The van der Waals surface area contributed by atoms with Gasteiger partial charge in [0.25, 0.3) is 0 Å². The van der Waals surface area contributed by atoms with Crippen molar-refractivity contribution >= 4 is 5.91 Å². The molecule has 22 heavy (non-hydrogen) atoms. The van der Waals surface area contributed by atoms with Crippen LogP contribution >= 0.6 is 0 Å². The Balaban J connectivity index is 1.83. The van der Waals surface area contributed by atoms with Crippen molar-refractivity contribution in [2.75, 3.05) is 26.2 Å². The number of amides is 1. The number of hydrogen-bond donors (Lipinski definition) is 2. The number of aromatic amines is 1. The maximum atomic E-state index is 12.5. The van der Waals surface area contributed by atoms with Gasteiger partial charge in [-0.2, -0.15) is 18.4 Å². The second kappa shape index (κ2) is 6.79. The van der Waals surface area contributed by atoms with Crippen molar-refractivity contribution in [3.63, 3.8) is 0 Å². The summed E-state index contributed by atoms with van der Waals surface area (Å²) in [7, 11) is 0. The molecule has 1 amide bonds. The van der Waals surface area contributed by atoms with Crippen LogP contribution in [0.1, 0.15) is 30.3 Å². The topological polar surface area (TPSA) is 84.8 Å². The number of imidazole rings is 1. The van der Waals surface area contributed by atoms with Gasteiger partial charge in [-0.05, 0) is 25.9 Å². The molecule has 120 valence electrons. The van der Waals surface area contributed by atoms with Crippen molar-refractivity contribution < 1.29 is 18.0 Å². The summed E-state index contributed by atoms with van der Waals surface area (Å²) in [6, 6.07) is 1.82. The summed E-state index contributed by atoms with van der Waals surface area (Å²) in [5.74, 6) is 0.0628. The number of carbonyl (C=O) groups excluding carboxylic acids is 1. The summed E-state index contributed by atoms with van der Waals surface area (Å²) in [6.07, 6.45) is -2.32. The van der Waals surface area contributed by atoms with E-state index in [0.717, 1.165) is 6.20 Å². The number of piperidine rings is 1. The average molecular weight is 315 g/mol. The summed E-state index contributed by atoms with van der Waals surface area (Å²) >= 11 is 0. The molecule has 6 nitrogen and oxygen atoms in total. The molecule has 1 aromatic heterocycles. The van der Waals surface area contributed by atoms with Gasteiger partial charge in [-0.15, -0.1) is 0 Å². The Hall–Kier alpha value is -2.08. The molecule has 2 N–H and O–H groups in total. The third-order valence-electron chi connectivity index (χ3n) is 3.61. The van der Waals surface area contributed by atoms with Gasteiger partial charge in [0.1, 0.15) is 18.1 Å². The van der Waals surface area contributed by atoms with Crippen LogP contribution in [0.4, 0.5) is 13.2 Å². The first kappa shape index (κ1) is 16.3. The third-order valence-corrected chi connectivity index (χ3v) is 3.61. The van der Waals surface area contributed by atoms with E-state index in [1.54, 1.807) is 0 Å². The molecule has 1 aliphatic heterocycles. The van der Waals surface area contributed by atoms with Crippen LogP contribution in [0.3, 0.4) is 0 Å².